The first kappa shape index (κ1) is 14.1. The van der Waals surface area contributed by atoms with Gasteiger partial charge in [0.25, 0.3) is 5.91 Å². The molecule has 0 aliphatic carbocycles. The number of aromatic hydroxyl groups is 1. The fraction of sp³-hybridized carbons (Fsp3) is 0.364. The summed E-state index contributed by atoms with van der Waals surface area (Å²) >= 11 is 0. The molecule has 0 unspecified atom stereocenters. The fourth-order valence-electron chi connectivity index (χ4n) is 1.33. The summed E-state index contributed by atoms with van der Waals surface area (Å²) in [5.74, 6) is -0.741. The zero-order chi connectivity index (χ0) is 13.8. The monoisotopic (exact) mass is 262 g/mol. The number of carbonyl (C=O) groups excluding carboxylic acids is 1. The average Bonchev–Trinajstić information content (AvgIpc) is 2.26. The molecule has 0 spiro atoms. The number of hydrogen-bond acceptors (Lipinski definition) is 3. The van der Waals surface area contributed by atoms with Crippen LogP contribution >= 0.6 is 0 Å². The number of amides is 1. The number of hydrogen-bond donors (Lipinski definition) is 3. The highest BCUT2D eigenvalue weighted by Crippen LogP contribution is 2.21. The third-order valence-electron chi connectivity index (χ3n) is 2.20. The number of nitrogen functional groups attached to an aromatic ring is 1. The van der Waals surface area contributed by atoms with Gasteiger partial charge in [0.1, 0.15) is 5.75 Å². The molecule has 4 nitrogen and oxygen atoms in total. The summed E-state index contributed by atoms with van der Waals surface area (Å²) < 4.78 is 35.6. The van der Waals surface area contributed by atoms with Crippen LogP contribution in [0.1, 0.15) is 23.2 Å². The summed E-state index contributed by atoms with van der Waals surface area (Å²) in [6.07, 6.45) is -5.38. The molecule has 1 rings (SSSR count). The molecule has 0 atom stereocenters. The number of alkyl halides is 3. The van der Waals surface area contributed by atoms with E-state index in [2.05, 4.69) is 5.32 Å². The lowest BCUT2D eigenvalue weighted by Crippen LogP contribution is -2.26. The molecular formula is C11H13F3N2O2. The lowest BCUT2D eigenvalue weighted by atomic mass is 10.1. The summed E-state index contributed by atoms with van der Waals surface area (Å²) in [5.41, 5.74) is 5.71. The van der Waals surface area contributed by atoms with E-state index in [1.54, 1.807) is 0 Å². The van der Waals surface area contributed by atoms with Crippen molar-refractivity contribution < 1.29 is 23.1 Å². The lowest BCUT2D eigenvalue weighted by molar-refractivity contribution is -0.135. The Kier molecular flexibility index (Phi) is 4.41. The summed E-state index contributed by atoms with van der Waals surface area (Å²) in [5, 5.41) is 11.5. The van der Waals surface area contributed by atoms with E-state index in [-0.39, 0.29) is 30.0 Å². The molecule has 18 heavy (non-hydrogen) atoms. The van der Waals surface area contributed by atoms with Crippen LogP contribution in [-0.4, -0.2) is 23.7 Å². The Labute approximate surface area is 102 Å². The number of rotatable bonds is 4. The zero-order valence-corrected chi connectivity index (χ0v) is 9.42. The maximum absolute atomic E-state index is 11.9. The van der Waals surface area contributed by atoms with Crippen molar-refractivity contribution in [2.24, 2.45) is 0 Å². The summed E-state index contributed by atoms with van der Waals surface area (Å²) in [6.45, 7) is -0.104. The van der Waals surface area contributed by atoms with Crippen LogP contribution in [0, 0.1) is 0 Å². The first-order chi connectivity index (χ1) is 8.29. The number of phenols is 1. The van der Waals surface area contributed by atoms with Gasteiger partial charge in [-0.25, -0.2) is 0 Å². The van der Waals surface area contributed by atoms with Gasteiger partial charge in [-0.05, 0) is 24.6 Å². The van der Waals surface area contributed by atoms with Gasteiger partial charge in [-0.15, -0.1) is 0 Å². The van der Waals surface area contributed by atoms with Crippen LogP contribution in [0.15, 0.2) is 18.2 Å². The van der Waals surface area contributed by atoms with E-state index >= 15 is 0 Å². The van der Waals surface area contributed by atoms with Crippen LogP contribution < -0.4 is 11.1 Å². The molecule has 0 heterocycles. The van der Waals surface area contributed by atoms with E-state index in [1.165, 1.54) is 12.1 Å². The van der Waals surface area contributed by atoms with Crippen molar-refractivity contribution in [3.05, 3.63) is 23.8 Å². The smallest absolute Gasteiger partial charge is 0.389 e. The van der Waals surface area contributed by atoms with Gasteiger partial charge in [0.2, 0.25) is 0 Å². The maximum Gasteiger partial charge on any atom is 0.389 e. The van der Waals surface area contributed by atoms with Crippen LogP contribution in [0.4, 0.5) is 18.9 Å². The van der Waals surface area contributed by atoms with E-state index in [9.17, 15) is 23.1 Å². The number of halogens is 3. The van der Waals surface area contributed by atoms with E-state index in [0.29, 0.717) is 0 Å². The molecule has 0 aliphatic heterocycles. The quantitative estimate of drug-likeness (QED) is 0.441. The van der Waals surface area contributed by atoms with Crippen LogP contribution in [-0.2, 0) is 0 Å². The minimum absolute atomic E-state index is 0.0435. The third kappa shape index (κ3) is 4.52. The van der Waals surface area contributed by atoms with Gasteiger partial charge >= 0.3 is 6.18 Å². The predicted molar refractivity (Wildman–Crippen MR) is 60.1 cm³/mol. The van der Waals surface area contributed by atoms with Crippen molar-refractivity contribution in [3.63, 3.8) is 0 Å². The average molecular weight is 262 g/mol. The lowest BCUT2D eigenvalue weighted by Gasteiger charge is -2.09. The number of nitrogens with one attached hydrogen (secondary N) is 1. The normalized spacial score (nSPS) is 11.3. The zero-order valence-electron chi connectivity index (χ0n) is 9.42. The Hall–Kier alpha value is -1.92. The molecule has 100 valence electrons. The molecule has 1 aromatic carbocycles. The van der Waals surface area contributed by atoms with Gasteiger partial charge in [-0.2, -0.15) is 13.2 Å². The summed E-state index contributed by atoms with van der Waals surface area (Å²) in [6, 6.07) is 3.82. The molecule has 0 bridgehead atoms. The number of benzene rings is 1. The first-order valence-corrected chi connectivity index (χ1v) is 5.23. The molecule has 0 fully saturated rings. The van der Waals surface area contributed by atoms with E-state index < -0.39 is 18.5 Å². The van der Waals surface area contributed by atoms with E-state index in [1.807, 2.05) is 0 Å². The van der Waals surface area contributed by atoms with Crippen molar-refractivity contribution in [3.8, 4) is 5.75 Å². The molecule has 4 N–H and O–H groups in total. The van der Waals surface area contributed by atoms with Gasteiger partial charge in [0.15, 0.2) is 0 Å². The highest BCUT2D eigenvalue weighted by molar-refractivity contribution is 5.99. The van der Waals surface area contributed by atoms with Crippen LogP contribution in [0.2, 0.25) is 0 Å². The number of nitrogens with two attached hydrogens (primary N) is 1. The van der Waals surface area contributed by atoms with Gasteiger partial charge in [-0.1, -0.05) is 0 Å². The minimum atomic E-state index is -4.23. The molecule has 0 aliphatic rings. The van der Waals surface area contributed by atoms with Crippen LogP contribution in [0.25, 0.3) is 0 Å². The molecular weight excluding hydrogens is 249 g/mol. The molecule has 1 amide bonds. The number of carbonyl (C=O) groups is 1. The van der Waals surface area contributed by atoms with Crippen molar-refractivity contribution in [2.75, 3.05) is 12.3 Å². The van der Waals surface area contributed by atoms with Crippen molar-refractivity contribution in [1.82, 2.24) is 5.32 Å². The fourth-order valence-corrected chi connectivity index (χ4v) is 1.33. The second kappa shape index (κ2) is 5.61. The summed E-state index contributed by atoms with van der Waals surface area (Å²) in [4.78, 5) is 11.6. The molecule has 0 saturated carbocycles. The Balaban J connectivity index is 2.48. The van der Waals surface area contributed by atoms with E-state index in [0.717, 1.165) is 6.07 Å². The van der Waals surface area contributed by atoms with Crippen molar-refractivity contribution in [1.29, 1.82) is 0 Å². The van der Waals surface area contributed by atoms with Gasteiger partial charge in [0, 0.05) is 18.7 Å². The molecule has 0 saturated heterocycles. The maximum atomic E-state index is 11.9. The standard InChI is InChI=1S/C11H13F3N2O2/c12-11(13,14)4-1-5-16-10(18)8-6-7(17)2-3-9(8)15/h2-3,6,17H,1,4-5,15H2,(H,16,18). The first-order valence-electron chi connectivity index (χ1n) is 5.23. The van der Waals surface area contributed by atoms with Crippen LogP contribution in [0.3, 0.4) is 0 Å². The van der Waals surface area contributed by atoms with Crippen molar-refractivity contribution in [2.45, 2.75) is 19.0 Å². The Morgan fingerprint density at radius 2 is 2.06 bits per heavy atom. The number of phenolic OH excluding ortho intramolecular Hbond substituents is 1. The Morgan fingerprint density at radius 1 is 1.39 bits per heavy atom. The van der Waals surface area contributed by atoms with E-state index in [4.69, 9.17) is 5.73 Å². The molecule has 7 heteroatoms. The second-order valence-electron chi connectivity index (χ2n) is 3.75. The molecule has 0 radical (unpaired) electrons. The SMILES string of the molecule is Nc1ccc(O)cc1C(=O)NCCCC(F)(F)F. The highest BCUT2D eigenvalue weighted by atomic mass is 19.4. The van der Waals surface area contributed by atoms with Crippen LogP contribution in [0.5, 0.6) is 5.75 Å². The Morgan fingerprint density at radius 3 is 2.67 bits per heavy atom. The van der Waals surface area contributed by atoms with Gasteiger partial charge in [-0.3, -0.25) is 4.79 Å². The highest BCUT2D eigenvalue weighted by Gasteiger charge is 2.26. The molecule has 1 aromatic rings. The third-order valence-corrected chi connectivity index (χ3v) is 2.20. The summed E-state index contributed by atoms with van der Waals surface area (Å²) in [7, 11) is 0. The molecule has 0 aromatic heterocycles. The Bertz CT molecular complexity index is 433. The van der Waals surface area contributed by atoms with Gasteiger partial charge in [0.05, 0.1) is 5.56 Å². The second-order valence-corrected chi connectivity index (χ2v) is 3.75. The predicted octanol–water partition coefficient (Wildman–Crippen LogP) is 2.05. The topological polar surface area (TPSA) is 75.3 Å². The number of anilines is 1. The van der Waals surface area contributed by atoms with Crippen molar-refractivity contribution >= 4 is 11.6 Å². The van der Waals surface area contributed by atoms with Gasteiger partial charge < -0.3 is 16.2 Å². The largest absolute Gasteiger partial charge is 0.508 e. The minimum Gasteiger partial charge on any atom is -0.508 e.